The lowest BCUT2D eigenvalue weighted by Gasteiger charge is -2.22. The second-order valence-corrected chi connectivity index (χ2v) is 7.06. The molecule has 1 saturated heterocycles. The summed E-state index contributed by atoms with van der Waals surface area (Å²) in [6.45, 7) is 2.29. The zero-order valence-corrected chi connectivity index (χ0v) is 16.4. The van der Waals surface area contributed by atoms with Crippen molar-refractivity contribution in [2.75, 3.05) is 11.9 Å². The Morgan fingerprint density at radius 2 is 1.84 bits per heavy atom. The highest BCUT2D eigenvalue weighted by Crippen LogP contribution is 2.31. The highest BCUT2D eigenvalue weighted by Gasteiger charge is 2.49. The van der Waals surface area contributed by atoms with E-state index in [-0.39, 0.29) is 22.6 Å². The molecular weight excluding hydrogens is 410 g/mol. The number of carbonyl (C=O) groups is 3. The molecule has 160 valence electrons. The molecule has 0 saturated carbocycles. The van der Waals surface area contributed by atoms with Gasteiger partial charge in [-0.15, -0.1) is 0 Å². The average molecular weight is 427 g/mol. The van der Waals surface area contributed by atoms with Gasteiger partial charge in [0.25, 0.3) is 17.3 Å². The van der Waals surface area contributed by atoms with E-state index in [2.05, 4.69) is 10.6 Å². The quantitative estimate of drug-likeness (QED) is 0.405. The maximum atomic E-state index is 12.9. The monoisotopic (exact) mass is 427 g/mol. The molecule has 1 atom stereocenters. The van der Waals surface area contributed by atoms with Crippen LogP contribution >= 0.6 is 0 Å². The third-order valence-corrected chi connectivity index (χ3v) is 4.90. The molecule has 1 aliphatic heterocycles. The van der Waals surface area contributed by atoms with Gasteiger partial charge in [0.1, 0.15) is 12.1 Å². The number of aryl methyl sites for hydroxylation is 1. The summed E-state index contributed by atoms with van der Waals surface area (Å²) in [5.41, 5.74) is -1.30. The molecule has 1 fully saturated rings. The number of benzene rings is 2. The van der Waals surface area contributed by atoms with Gasteiger partial charge >= 0.3 is 6.03 Å². The standard InChI is InChI=1S/C19H17N5O7/c1-11-6-7-13(9-15(11)24(30)31)20-16(25)10-22-17(26)19(2,21-18(22)27)12-4-3-5-14(8-12)23(28)29/h3-9H,10H2,1-2H3,(H,20,25)(H,21,27). The van der Waals surface area contributed by atoms with Crippen LogP contribution in [0.1, 0.15) is 18.1 Å². The van der Waals surface area contributed by atoms with Crippen LogP contribution in [0.2, 0.25) is 0 Å². The van der Waals surface area contributed by atoms with Crippen LogP contribution in [0.3, 0.4) is 0 Å². The molecule has 12 heteroatoms. The number of urea groups is 1. The van der Waals surface area contributed by atoms with Crippen LogP contribution in [-0.2, 0) is 15.1 Å². The number of imide groups is 1. The van der Waals surface area contributed by atoms with E-state index in [1.807, 2.05) is 0 Å². The summed E-state index contributed by atoms with van der Waals surface area (Å²) in [4.78, 5) is 59.2. The summed E-state index contributed by atoms with van der Waals surface area (Å²) in [5, 5.41) is 26.9. The Morgan fingerprint density at radius 3 is 2.48 bits per heavy atom. The van der Waals surface area contributed by atoms with Gasteiger partial charge in [0.05, 0.1) is 9.85 Å². The van der Waals surface area contributed by atoms with Gasteiger partial charge in [0.15, 0.2) is 0 Å². The smallest absolute Gasteiger partial charge is 0.324 e. The van der Waals surface area contributed by atoms with Crippen LogP contribution in [0, 0.1) is 27.2 Å². The first-order chi connectivity index (χ1) is 14.5. The number of amides is 4. The van der Waals surface area contributed by atoms with E-state index in [0.29, 0.717) is 10.5 Å². The van der Waals surface area contributed by atoms with E-state index in [1.165, 1.54) is 49.4 Å². The van der Waals surface area contributed by atoms with Gasteiger partial charge < -0.3 is 10.6 Å². The fourth-order valence-corrected chi connectivity index (χ4v) is 3.19. The van der Waals surface area contributed by atoms with E-state index in [1.54, 1.807) is 6.92 Å². The van der Waals surface area contributed by atoms with Gasteiger partial charge in [-0.25, -0.2) is 4.79 Å². The molecule has 1 heterocycles. The summed E-state index contributed by atoms with van der Waals surface area (Å²) >= 11 is 0. The molecular formula is C19H17N5O7. The number of anilines is 1. The maximum Gasteiger partial charge on any atom is 0.325 e. The van der Waals surface area contributed by atoms with Crippen LogP contribution in [0.25, 0.3) is 0 Å². The Hall–Kier alpha value is -4.35. The van der Waals surface area contributed by atoms with Crippen molar-refractivity contribution in [3.8, 4) is 0 Å². The molecule has 1 aliphatic rings. The lowest BCUT2D eigenvalue weighted by atomic mass is 9.91. The maximum absolute atomic E-state index is 12.9. The Bertz CT molecular complexity index is 1130. The third-order valence-electron chi connectivity index (χ3n) is 4.90. The van der Waals surface area contributed by atoms with Gasteiger partial charge in [-0.05, 0) is 25.5 Å². The minimum atomic E-state index is -1.59. The second-order valence-electron chi connectivity index (χ2n) is 7.06. The first-order valence-electron chi connectivity index (χ1n) is 8.97. The van der Waals surface area contributed by atoms with E-state index >= 15 is 0 Å². The zero-order valence-electron chi connectivity index (χ0n) is 16.4. The van der Waals surface area contributed by atoms with E-state index in [4.69, 9.17) is 0 Å². The van der Waals surface area contributed by atoms with Crippen molar-refractivity contribution in [3.63, 3.8) is 0 Å². The average Bonchev–Trinajstić information content (AvgIpc) is 2.93. The highest BCUT2D eigenvalue weighted by atomic mass is 16.6. The number of nitro benzene ring substituents is 2. The summed E-state index contributed by atoms with van der Waals surface area (Å²) in [5.74, 6) is -1.51. The summed E-state index contributed by atoms with van der Waals surface area (Å²) in [6, 6.07) is 8.52. The van der Waals surface area contributed by atoms with Crippen LogP contribution in [0.5, 0.6) is 0 Å². The number of nitro groups is 2. The largest absolute Gasteiger partial charge is 0.325 e. The molecule has 0 aromatic heterocycles. The van der Waals surface area contributed by atoms with Gasteiger partial charge in [0, 0.05) is 29.4 Å². The topological polar surface area (TPSA) is 165 Å². The predicted molar refractivity (Wildman–Crippen MR) is 107 cm³/mol. The van der Waals surface area contributed by atoms with Crippen LogP contribution in [0.4, 0.5) is 21.9 Å². The van der Waals surface area contributed by atoms with E-state index < -0.39 is 39.8 Å². The van der Waals surface area contributed by atoms with Crippen molar-refractivity contribution < 1.29 is 24.2 Å². The number of hydrogen-bond acceptors (Lipinski definition) is 7. The summed E-state index contributed by atoms with van der Waals surface area (Å²) in [7, 11) is 0. The van der Waals surface area contributed by atoms with Crippen LogP contribution in [-0.4, -0.2) is 39.1 Å². The normalized spacial score (nSPS) is 17.9. The first kappa shape index (κ1) is 21.4. The number of nitrogens with one attached hydrogen (secondary N) is 2. The predicted octanol–water partition coefficient (Wildman–Crippen LogP) is 2.22. The number of carbonyl (C=O) groups excluding carboxylic acids is 3. The summed E-state index contributed by atoms with van der Waals surface area (Å²) < 4.78 is 0. The molecule has 12 nitrogen and oxygen atoms in total. The van der Waals surface area contributed by atoms with Crippen LogP contribution < -0.4 is 10.6 Å². The number of nitrogens with zero attached hydrogens (tertiary/aromatic N) is 3. The molecule has 0 radical (unpaired) electrons. The van der Waals surface area contributed by atoms with Gasteiger partial charge in [-0.1, -0.05) is 18.2 Å². The van der Waals surface area contributed by atoms with Crippen molar-refractivity contribution in [2.24, 2.45) is 0 Å². The molecule has 1 unspecified atom stereocenters. The molecule has 0 bridgehead atoms. The highest BCUT2D eigenvalue weighted by molar-refractivity contribution is 6.10. The Labute approximate surface area is 175 Å². The molecule has 31 heavy (non-hydrogen) atoms. The Balaban J connectivity index is 1.78. The minimum Gasteiger partial charge on any atom is -0.324 e. The number of non-ortho nitro benzene ring substituents is 1. The number of hydrogen-bond donors (Lipinski definition) is 2. The van der Waals surface area contributed by atoms with Crippen molar-refractivity contribution in [1.29, 1.82) is 0 Å². The molecule has 2 aromatic carbocycles. The Kier molecular flexibility index (Phi) is 5.39. The van der Waals surface area contributed by atoms with E-state index in [9.17, 15) is 34.6 Å². The molecule has 0 spiro atoms. The molecule has 0 aliphatic carbocycles. The van der Waals surface area contributed by atoms with Gasteiger partial charge in [-0.3, -0.25) is 34.7 Å². The van der Waals surface area contributed by atoms with E-state index in [0.717, 1.165) is 0 Å². The van der Waals surface area contributed by atoms with Gasteiger partial charge in [-0.2, -0.15) is 0 Å². The fraction of sp³-hybridized carbons (Fsp3) is 0.211. The van der Waals surface area contributed by atoms with Crippen molar-refractivity contribution >= 4 is 34.9 Å². The third kappa shape index (κ3) is 4.03. The minimum absolute atomic E-state index is 0.135. The molecule has 2 N–H and O–H groups in total. The zero-order chi connectivity index (χ0) is 22.9. The Morgan fingerprint density at radius 1 is 1.13 bits per heavy atom. The van der Waals surface area contributed by atoms with Crippen molar-refractivity contribution in [2.45, 2.75) is 19.4 Å². The fourth-order valence-electron chi connectivity index (χ4n) is 3.19. The van der Waals surface area contributed by atoms with Crippen molar-refractivity contribution in [3.05, 3.63) is 73.8 Å². The first-order valence-corrected chi connectivity index (χ1v) is 8.97. The van der Waals surface area contributed by atoms with Crippen LogP contribution in [0.15, 0.2) is 42.5 Å². The molecule has 3 rings (SSSR count). The second kappa shape index (κ2) is 7.82. The number of rotatable bonds is 6. The molecule has 2 aromatic rings. The summed E-state index contributed by atoms with van der Waals surface area (Å²) in [6.07, 6.45) is 0. The molecule has 4 amide bonds. The SMILES string of the molecule is Cc1ccc(NC(=O)CN2C(=O)NC(C)(c3cccc([N+](=O)[O-])c3)C2=O)cc1[N+](=O)[O-]. The lowest BCUT2D eigenvalue weighted by molar-refractivity contribution is -0.385. The van der Waals surface area contributed by atoms with Gasteiger partial charge in [0.2, 0.25) is 5.91 Å². The lowest BCUT2D eigenvalue weighted by Crippen LogP contribution is -2.42. The van der Waals surface area contributed by atoms with Crippen molar-refractivity contribution in [1.82, 2.24) is 10.2 Å².